The van der Waals surface area contributed by atoms with Crippen LogP contribution in [0.2, 0.25) is 0 Å². The molecule has 1 nitrogen and oxygen atoms in total. The SMILES string of the molecule is CCCCCc1nc(C)sc1-c1ccccc1. The topological polar surface area (TPSA) is 12.9 Å². The molecule has 0 radical (unpaired) electrons. The third kappa shape index (κ3) is 3.16. The van der Waals surface area contributed by atoms with Crippen LogP contribution in [0.4, 0.5) is 0 Å². The Morgan fingerprint density at radius 1 is 1.12 bits per heavy atom. The molecule has 2 aromatic rings. The quantitative estimate of drug-likeness (QED) is 0.686. The normalized spacial score (nSPS) is 10.7. The molecule has 17 heavy (non-hydrogen) atoms. The number of rotatable bonds is 5. The maximum Gasteiger partial charge on any atom is 0.0903 e. The summed E-state index contributed by atoms with van der Waals surface area (Å²) in [4.78, 5) is 6.04. The summed E-state index contributed by atoms with van der Waals surface area (Å²) in [5, 5.41) is 1.18. The fraction of sp³-hybridized carbons (Fsp3) is 0.400. The molecule has 0 aliphatic carbocycles. The van der Waals surface area contributed by atoms with E-state index < -0.39 is 0 Å². The van der Waals surface area contributed by atoms with E-state index in [1.807, 2.05) is 11.3 Å². The summed E-state index contributed by atoms with van der Waals surface area (Å²) in [7, 11) is 0. The van der Waals surface area contributed by atoms with Crippen molar-refractivity contribution in [1.29, 1.82) is 0 Å². The number of aryl methyl sites for hydroxylation is 2. The van der Waals surface area contributed by atoms with Crippen LogP contribution in [0.15, 0.2) is 30.3 Å². The van der Waals surface area contributed by atoms with Gasteiger partial charge in [0.25, 0.3) is 0 Å². The predicted molar refractivity (Wildman–Crippen MR) is 75.5 cm³/mol. The average Bonchev–Trinajstić information content (AvgIpc) is 2.72. The van der Waals surface area contributed by atoms with Crippen LogP contribution in [0, 0.1) is 6.92 Å². The third-order valence-electron chi connectivity index (χ3n) is 2.86. The van der Waals surface area contributed by atoms with Crippen molar-refractivity contribution in [3.05, 3.63) is 41.0 Å². The molecule has 0 saturated carbocycles. The summed E-state index contributed by atoms with van der Waals surface area (Å²) in [5.74, 6) is 0. The first-order valence-electron chi connectivity index (χ1n) is 6.33. The Morgan fingerprint density at radius 3 is 2.59 bits per heavy atom. The lowest BCUT2D eigenvalue weighted by molar-refractivity contribution is 0.709. The zero-order valence-electron chi connectivity index (χ0n) is 10.6. The van der Waals surface area contributed by atoms with Gasteiger partial charge >= 0.3 is 0 Å². The first kappa shape index (κ1) is 12.3. The number of benzene rings is 1. The molecule has 0 aliphatic heterocycles. The Morgan fingerprint density at radius 2 is 1.88 bits per heavy atom. The number of thiazole rings is 1. The average molecular weight is 245 g/mol. The second-order valence-corrected chi connectivity index (χ2v) is 5.54. The minimum atomic E-state index is 1.11. The standard InChI is InChI=1S/C15H19NS/c1-3-4-6-11-14-15(17-12(2)16-14)13-9-7-5-8-10-13/h5,7-10H,3-4,6,11H2,1-2H3. The Hall–Kier alpha value is -1.15. The summed E-state index contributed by atoms with van der Waals surface area (Å²) in [6, 6.07) is 10.6. The summed E-state index contributed by atoms with van der Waals surface area (Å²) < 4.78 is 0. The Labute approximate surface area is 108 Å². The Bertz CT molecular complexity index is 459. The van der Waals surface area contributed by atoms with Crippen molar-refractivity contribution in [3.63, 3.8) is 0 Å². The molecule has 0 aliphatic rings. The van der Waals surface area contributed by atoms with Gasteiger partial charge in [0.15, 0.2) is 0 Å². The summed E-state index contributed by atoms with van der Waals surface area (Å²) in [6.45, 7) is 4.34. The van der Waals surface area contributed by atoms with Crippen molar-refractivity contribution in [3.8, 4) is 10.4 Å². The van der Waals surface area contributed by atoms with Gasteiger partial charge in [-0.25, -0.2) is 4.98 Å². The molecule has 0 amide bonds. The lowest BCUT2D eigenvalue weighted by Crippen LogP contribution is -1.89. The second-order valence-electron chi connectivity index (χ2n) is 4.33. The first-order valence-corrected chi connectivity index (χ1v) is 7.14. The molecule has 1 heterocycles. The van der Waals surface area contributed by atoms with Crippen LogP contribution in [0.3, 0.4) is 0 Å². The van der Waals surface area contributed by atoms with Crippen LogP contribution in [-0.4, -0.2) is 4.98 Å². The van der Waals surface area contributed by atoms with E-state index >= 15 is 0 Å². The van der Waals surface area contributed by atoms with Crippen molar-refractivity contribution in [2.45, 2.75) is 39.5 Å². The lowest BCUT2D eigenvalue weighted by Gasteiger charge is -2.01. The smallest absolute Gasteiger partial charge is 0.0903 e. The highest BCUT2D eigenvalue weighted by atomic mass is 32.1. The first-order chi connectivity index (χ1) is 8.31. The van der Waals surface area contributed by atoms with Crippen LogP contribution in [0.25, 0.3) is 10.4 Å². The molecule has 1 aromatic carbocycles. The molecular weight excluding hydrogens is 226 g/mol. The minimum absolute atomic E-state index is 1.11. The number of hydrogen-bond donors (Lipinski definition) is 0. The van der Waals surface area contributed by atoms with E-state index in [9.17, 15) is 0 Å². The lowest BCUT2D eigenvalue weighted by atomic mass is 10.1. The van der Waals surface area contributed by atoms with Gasteiger partial charge in [0.05, 0.1) is 15.6 Å². The molecule has 2 rings (SSSR count). The van der Waals surface area contributed by atoms with Gasteiger partial charge in [0.2, 0.25) is 0 Å². The van der Waals surface area contributed by atoms with Crippen molar-refractivity contribution in [1.82, 2.24) is 4.98 Å². The van der Waals surface area contributed by atoms with Crippen molar-refractivity contribution in [2.24, 2.45) is 0 Å². The Kier molecular flexibility index (Phi) is 4.32. The van der Waals surface area contributed by atoms with E-state index in [2.05, 4.69) is 49.2 Å². The van der Waals surface area contributed by atoms with Crippen molar-refractivity contribution in [2.75, 3.05) is 0 Å². The van der Waals surface area contributed by atoms with Gasteiger partial charge in [-0.1, -0.05) is 50.1 Å². The highest BCUT2D eigenvalue weighted by molar-refractivity contribution is 7.15. The number of hydrogen-bond acceptors (Lipinski definition) is 2. The highest BCUT2D eigenvalue weighted by Gasteiger charge is 2.10. The largest absolute Gasteiger partial charge is 0.246 e. The van der Waals surface area contributed by atoms with Crippen LogP contribution in [0.1, 0.15) is 36.9 Å². The molecule has 0 atom stereocenters. The minimum Gasteiger partial charge on any atom is -0.246 e. The van der Waals surface area contributed by atoms with E-state index in [0.717, 1.165) is 6.42 Å². The zero-order valence-corrected chi connectivity index (χ0v) is 11.4. The molecule has 0 saturated heterocycles. The molecule has 1 aromatic heterocycles. The maximum atomic E-state index is 4.68. The van der Waals surface area contributed by atoms with E-state index in [4.69, 9.17) is 0 Å². The van der Waals surface area contributed by atoms with Crippen LogP contribution < -0.4 is 0 Å². The second kappa shape index (κ2) is 5.97. The zero-order chi connectivity index (χ0) is 12.1. The highest BCUT2D eigenvalue weighted by Crippen LogP contribution is 2.30. The van der Waals surface area contributed by atoms with Gasteiger partial charge in [-0.3, -0.25) is 0 Å². The molecule has 90 valence electrons. The van der Waals surface area contributed by atoms with Gasteiger partial charge in [0.1, 0.15) is 0 Å². The summed E-state index contributed by atoms with van der Waals surface area (Å²) >= 11 is 1.81. The van der Waals surface area contributed by atoms with Gasteiger partial charge in [-0.05, 0) is 25.3 Å². The maximum absolute atomic E-state index is 4.68. The number of unbranched alkanes of at least 4 members (excludes halogenated alkanes) is 2. The molecule has 0 fully saturated rings. The fourth-order valence-electron chi connectivity index (χ4n) is 2.00. The predicted octanol–water partition coefficient (Wildman–Crippen LogP) is 4.85. The third-order valence-corrected chi connectivity index (χ3v) is 3.92. The van der Waals surface area contributed by atoms with Crippen LogP contribution in [0.5, 0.6) is 0 Å². The monoisotopic (exact) mass is 245 g/mol. The number of nitrogens with zero attached hydrogens (tertiary/aromatic N) is 1. The van der Waals surface area contributed by atoms with Gasteiger partial charge < -0.3 is 0 Å². The summed E-state index contributed by atoms with van der Waals surface area (Å²) in [5.41, 5.74) is 2.59. The molecule has 0 N–H and O–H groups in total. The molecule has 0 spiro atoms. The van der Waals surface area contributed by atoms with E-state index in [0.29, 0.717) is 0 Å². The van der Waals surface area contributed by atoms with Crippen LogP contribution >= 0.6 is 11.3 Å². The fourth-order valence-corrected chi connectivity index (χ4v) is 2.97. The molecule has 2 heteroatoms. The molecule has 0 bridgehead atoms. The van der Waals surface area contributed by atoms with E-state index in [1.165, 1.54) is 40.4 Å². The Balaban J connectivity index is 2.22. The van der Waals surface area contributed by atoms with Gasteiger partial charge in [0, 0.05) is 0 Å². The van der Waals surface area contributed by atoms with Gasteiger partial charge in [-0.2, -0.15) is 0 Å². The van der Waals surface area contributed by atoms with E-state index in [-0.39, 0.29) is 0 Å². The van der Waals surface area contributed by atoms with Crippen molar-refractivity contribution < 1.29 is 0 Å². The van der Waals surface area contributed by atoms with Crippen LogP contribution in [-0.2, 0) is 6.42 Å². The number of aromatic nitrogens is 1. The van der Waals surface area contributed by atoms with Crippen molar-refractivity contribution >= 4 is 11.3 Å². The van der Waals surface area contributed by atoms with Gasteiger partial charge in [-0.15, -0.1) is 11.3 Å². The molecular formula is C15H19NS. The molecule has 0 unspecified atom stereocenters. The summed E-state index contributed by atoms with van der Waals surface area (Å²) in [6.07, 6.45) is 4.93. The van der Waals surface area contributed by atoms with E-state index in [1.54, 1.807) is 0 Å².